The predicted molar refractivity (Wildman–Crippen MR) is 79.5 cm³/mol. The van der Waals surface area contributed by atoms with Crippen molar-refractivity contribution in [1.29, 1.82) is 0 Å². The van der Waals surface area contributed by atoms with Crippen LogP contribution in [0.5, 0.6) is 0 Å². The summed E-state index contributed by atoms with van der Waals surface area (Å²) in [5.74, 6) is -0.531. The van der Waals surface area contributed by atoms with Gasteiger partial charge in [-0.2, -0.15) is 0 Å². The Morgan fingerprint density at radius 2 is 1.79 bits per heavy atom. The second kappa shape index (κ2) is 4.71. The Morgan fingerprint density at radius 3 is 2.21 bits per heavy atom. The van der Waals surface area contributed by atoms with Gasteiger partial charge in [0, 0.05) is 7.05 Å². The number of amides is 2. The summed E-state index contributed by atoms with van der Waals surface area (Å²) < 4.78 is 0. The Labute approximate surface area is 120 Å². The van der Waals surface area contributed by atoms with Crippen molar-refractivity contribution in [1.82, 2.24) is 9.80 Å². The van der Waals surface area contributed by atoms with Gasteiger partial charge in [0.2, 0.25) is 11.8 Å². The molecule has 4 nitrogen and oxygen atoms in total. The van der Waals surface area contributed by atoms with E-state index in [2.05, 4.69) is 6.58 Å². The van der Waals surface area contributed by atoms with Gasteiger partial charge in [0.05, 0.1) is 5.54 Å². The normalized spacial score (nSPS) is 20.0. The zero-order valence-electron chi connectivity index (χ0n) is 12.5. The van der Waals surface area contributed by atoms with E-state index in [0.717, 1.165) is 12.0 Å². The Kier molecular flexibility index (Phi) is 3.92. The number of thiocarbonyl (C=S) groups is 1. The van der Waals surface area contributed by atoms with Crippen LogP contribution in [0.15, 0.2) is 12.2 Å². The van der Waals surface area contributed by atoms with E-state index < -0.39 is 11.0 Å². The lowest BCUT2D eigenvalue weighted by Crippen LogP contribution is -2.67. The molecule has 0 saturated carbocycles. The number of carbonyl (C=O) groups is 2. The van der Waals surface area contributed by atoms with Gasteiger partial charge in [0.25, 0.3) is 0 Å². The summed E-state index contributed by atoms with van der Waals surface area (Å²) in [4.78, 5) is 27.7. The molecule has 1 heterocycles. The molecule has 0 aromatic rings. The van der Waals surface area contributed by atoms with Crippen molar-refractivity contribution in [3.8, 4) is 0 Å². The summed E-state index contributed by atoms with van der Waals surface area (Å²) in [6.45, 7) is 13.1. The van der Waals surface area contributed by atoms with Gasteiger partial charge >= 0.3 is 0 Å². The second-order valence-corrected chi connectivity index (χ2v) is 6.29. The third-order valence-electron chi connectivity index (χ3n) is 3.91. The first kappa shape index (κ1) is 15.8. The van der Waals surface area contributed by atoms with Crippen LogP contribution in [-0.4, -0.2) is 39.3 Å². The Hall–Kier alpha value is -1.23. The molecule has 0 atom stereocenters. The van der Waals surface area contributed by atoms with Gasteiger partial charge in [-0.05, 0) is 46.3 Å². The molecule has 0 aliphatic carbocycles. The van der Waals surface area contributed by atoms with Gasteiger partial charge in [0.1, 0.15) is 5.41 Å². The molecule has 1 saturated heterocycles. The Bertz CT molecular complexity index is 466. The maximum Gasteiger partial charge on any atom is 0.244 e. The second-order valence-electron chi connectivity index (χ2n) is 5.93. The SMILES string of the molecule is C=C(CC)C(C)(C)N1C(=O)C(C)(C)C(=O)N(C)C1=S. The summed E-state index contributed by atoms with van der Waals surface area (Å²) in [6.07, 6.45) is 0.748. The molecule has 0 radical (unpaired) electrons. The molecule has 0 aromatic heterocycles. The molecule has 0 spiro atoms. The summed E-state index contributed by atoms with van der Waals surface area (Å²) in [5.41, 5.74) is -0.793. The third-order valence-corrected chi connectivity index (χ3v) is 4.36. The summed E-state index contributed by atoms with van der Waals surface area (Å²) in [7, 11) is 1.61. The highest BCUT2D eigenvalue weighted by Gasteiger charge is 2.52. The van der Waals surface area contributed by atoms with Crippen molar-refractivity contribution < 1.29 is 9.59 Å². The maximum atomic E-state index is 12.6. The molecule has 1 aliphatic rings. The molecule has 1 rings (SSSR count). The molecule has 19 heavy (non-hydrogen) atoms. The quantitative estimate of drug-likeness (QED) is 0.453. The van der Waals surface area contributed by atoms with Gasteiger partial charge in [0.15, 0.2) is 5.11 Å². The number of nitrogens with zero attached hydrogens (tertiary/aromatic N) is 2. The molecular weight excluding hydrogens is 260 g/mol. The first-order chi connectivity index (χ1) is 8.49. The minimum atomic E-state index is -1.09. The highest BCUT2D eigenvalue weighted by Crippen LogP contribution is 2.35. The first-order valence-corrected chi connectivity index (χ1v) is 6.75. The highest BCUT2D eigenvalue weighted by atomic mass is 32.1. The minimum Gasteiger partial charge on any atom is -0.291 e. The van der Waals surface area contributed by atoms with Crippen molar-refractivity contribution >= 4 is 29.1 Å². The smallest absolute Gasteiger partial charge is 0.244 e. The fraction of sp³-hybridized carbons (Fsp3) is 0.643. The van der Waals surface area contributed by atoms with Crippen LogP contribution in [-0.2, 0) is 9.59 Å². The van der Waals surface area contributed by atoms with Crippen LogP contribution < -0.4 is 0 Å². The van der Waals surface area contributed by atoms with E-state index in [1.807, 2.05) is 20.8 Å². The summed E-state index contributed by atoms with van der Waals surface area (Å²) in [5, 5.41) is 0.244. The molecule has 1 aliphatic heterocycles. The van der Waals surface area contributed by atoms with Crippen LogP contribution in [0.4, 0.5) is 0 Å². The van der Waals surface area contributed by atoms with Crippen LogP contribution >= 0.6 is 12.2 Å². The van der Waals surface area contributed by atoms with Crippen molar-refractivity contribution in [2.24, 2.45) is 5.41 Å². The molecule has 106 valence electrons. The van der Waals surface area contributed by atoms with Gasteiger partial charge in [-0.1, -0.05) is 19.1 Å². The van der Waals surface area contributed by atoms with Gasteiger partial charge in [-0.25, -0.2) is 0 Å². The predicted octanol–water partition coefficient (Wildman–Crippen LogP) is 2.34. The molecule has 0 aromatic carbocycles. The van der Waals surface area contributed by atoms with Gasteiger partial charge in [-0.3, -0.25) is 19.4 Å². The molecule has 2 amide bonds. The fourth-order valence-electron chi connectivity index (χ4n) is 2.20. The Morgan fingerprint density at radius 1 is 1.32 bits per heavy atom. The average Bonchev–Trinajstić information content (AvgIpc) is 2.33. The summed E-state index contributed by atoms with van der Waals surface area (Å²) in [6, 6.07) is 0. The van der Waals surface area contributed by atoms with E-state index in [4.69, 9.17) is 12.2 Å². The number of carbonyl (C=O) groups excluding carboxylic acids is 2. The van der Waals surface area contributed by atoms with Crippen LogP contribution in [0.2, 0.25) is 0 Å². The molecular formula is C14H22N2O2S. The van der Waals surface area contributed by atoms with Crippen molar-refractivity contribution in [3.63, 3.8) is 0 Å². The van der Waals surface area contributed by atoms with Crippen LogP contribution in [0.3, 0.4) is 0 Å². The zero-order chi connectivity index (χ0) is 15.2. The van der Waals surface area contributed by atoms with Gasteiger partial charge < -0.3 is 0 Å². The van der Waals surface area contributed by atoms with Crippen LogP contribution in [0.1, 0.15) is 41.0 Å². The summed E-state index contributed by atoms with van der Waals surface area (Å²) >= 11 is 5.29. The van der Waals surface area contributed by atoms with Crippen molar-refractivity contribution in [3.05, 3.63) is 12.2 Å². The van der Waals surface area contributed by atoms with Crippen molar-refractivity contribution in [2.45, 2.75) is 46.6 Å². The van der Waals surface area contributed by atoms with Crippen LogP contribution in [0, 0.1) is 5.41 Å². The monoisotopic (exact) mass is 282 g/mol. The minimum absolute atomic E-state index is 0.244. The molecule has 0 N–H and O–H groups in total. The third kappa shape index (κ3) is 2.20. The topological polar surface area (TPSA) is 40.6 Å². The lowest BCUT2D eigenvalue weighted by Gasteiger charge is -2.49. The lowest BCUT2D eigenvalue weighted by atomic mass is 9.83. The lowest BCUT2D eigenvalue weighted by molar-refractivity contribution is -0.155. The fourth-order valence-corrected chi connectivity index (χ4v) is 2.59. The van der Waals surface area contributed by atoms with E-state index >= 15 is 0 Å². The van der Waals surface area contributed by atoms with Gasteiger partial charge in [-0.15, -0.1) is 0 Å². The van der Waals surface area contributed by atoms with Crippen LogP contribution in [0.25, 0.3) is 0 Å². The standard InChI is InChI=1S/C14H22N2O2S/c1-8-9(2)14(5,6)16-11(18)13(3,4)10(17)15(7)12(16)19/h2,8H2,1,3-7H3. The zero-order valence-corrected chi connectivity index (χ0v) is 13.3. The van der Waals surface area contributed by atoms with E-state index in [1.54, 1.807) is 20.9 Å². The highest BCUT2D eigenvalue weighted by molar-refractivity contribution is 7.80. The molecule has 0 bridgehead atoms. The van der Waals surface area contributed by atoms with Crippen molar-refractivity contribution in [2.75, 3.05) is 7.05 Å². The number of rotatable bonds is 3. The average molecular weight is 282 g/mol. The van der Waals surface area contributed by atoms with E-state index in [-0.39, 0.29) is 16.9 Å². The van der Waals surface area contributed by atoms with E-state index in [9.17, 15) is 9.59 Å². The van der Waals surface area contributed by atoms with E-state index in [0.29, 0.717) is 0 Å². The molecule has 1 fully saturated rings. The number of hydrogen-bond acceptors (Lipinski definition) is 3. The number of hydrogen-bond donors (Lipinski definition) is 0. The van der Waals surface area contributed by atoms with E-state index in [1.165, 1.54) is 9.80 Å². The first-order valence-electron chi connectivity index (χ1n) is 6.34. The maximum absolute atomic E-state index is 12.6. The largest absolute Gasteiger partial charge is 0.291 e. The molecule has 0 unspecified atom stereocenters. The molecule has 5 heteroatoms. The Balaban J connectivity index is 3.35.